The molecule has 1 aliphatic carbocycles. The standard InChI is InChI=1S/C18H20N2O3/c21-9-12(10-22)19-8-11-4-3-6-14-16-18(23-17(11)14)13-5-1-2-7-15(13)20-16/h1-2,4-5,7,12,19-22H,3,6,8-10H2. The van der Waals surface area contributed by atoms with Gasteiger partial charge in [0.05, 0.1) is 24.8 Å². The molecule has 5 nitrogen and oxygen atoms in total. The van der Waals surface area contributed by atoms with Gasteiger partial charge in [-0.15, -0.1) is 0 Å². The third-order valence-corrected chi connectivity index (χ3v) is 4.54. The van der Waals surface area contributed by atoms with Gasteiger partial charge in [-0.1, -0.05) is 18.2 Å². The number of furan rings is 1. The van der Waals surface area contributed by atoms with Crippen molar-refractivity contribution in [3.8, 4) is 0 Å². The molecular weight excluding hydrogens is 292 g/mol. The molecule has 0 aliphatic heterocycles. The first-order valence-electron chi connectivity index (χ1n) is 7.98. The molecule has 120 valence electrons. The molecule has 0 saturated heterocycles. The number of fused-ring (bicyclic) bond motifs is 5. The number of aromatic nitrogens is 1. The van der Waals surface area contributed by atoms with Crippen LogP contribution < -0.4 is 5.32 Å². The first-order valence-corrected chi connectivity index (χ1v) is 7.98. The molecule has 0 bridgehead atoms. The highest BCUT2D eigenvalue weighted by Crippen LogP contribution is 2.38. The number of aliphatic hydroxyl groups excluding tert-OH is 2. The van der Waals surface area contributed by atoms with Crippen LogP contribution in [0.25, 0.3) is 27.6 Å². The van der Waals surface area contributed by atoms with Gasteiger partial charge in [0, 0.05) is 28.6 Å². The number of hydrogen-bond donors (Lipinski definition) is 4. The van der Waals surface area contributed by atoms with Crippen molar-refractivity contribution in [2.75, 3.05) is 19.8 Å². The number of hydrogen-bond acceptors (Lipinski definition) is 4. The molecule has 0 unspecified atom stereocenters. The minimum absolute atomic E-state index is 0.0831. The molecule has 3 aromatic rings. The summed E-state index contributed by atoms with van der Waals surface area (Å²) in [5.74, 6) is 0.922. The van der Waals surface area contributed by atoms with Gasteiger partial charge < -0.3 is 24.9 Å². The van der Waals surface area contributed by atoms with E-state index in [1.807, 2.05) is 12.1 Å². The Labute approximate surface area is 133 Å². The first-order chi connectivity index (χ1) is 11.3. The molecule has 2 aromatic heterocycles. The van der Waals surface area contributed by atoms with Gasteiger partial charge in [0.25, 0.3) is 0 Å². The van der Waals surface area contributed by atoms with Crippen LogP contribution in [0.15, 0.2) is 34.8 Å². The van der Waals surface area contributed by atoms with Crippen molar-refractivity contribution >= 4 is 27.6 Å². The van der Waals surface area contributed by atoms with Crippen LogP contribution in [0.3, 0.4) is 0 Å². The Morgan fingerprint density at radius 3 is 2.87 bits per heavy atom. The number of aromatic amines is 1. The second kappa shape index (κ2) is 5.85. The second-order valence-corrected chi connectivity index (χ2v) is 6.00. The zero-order valence-electron chi connectivity index (χ0n) is 12.8. The largest absolute Gasteiger partial charge is 0.454 e. The summed E-state index contributed by atoms with van der Waals surface area (Å²) < 4.78 is 6.19. The molecule has 0 spiro atoms. The van der Waals surface area contributed by atoms with Crippen molar-refractivity contribution in [2.45, 2.75) is 18.9 Å². The first kappa shape index (κ1) is 14.5. The maximum absolute atomic E-state index is 9.18. The highest BCUT2D eigenvalue weighted by Gasteiger charge is 2.23. The SMILES string of the molecule is OCC(CO)NCC1=CCCc2c1oc1c2[nH]c2ccccc21. The Morgan fingerprint density at radius 2 is 2.04 bits per heavy atom. The van der Waals surface area contributed by atoms with Crippen LogP contribution >= 0.6 is 0 Å². The summed E-state index contributed by atoms with van der Waals surface area (Å²) in [5.41, 5.74) is 5.41. The van der Waals surface area contributed by atoms with Crippen molar-refractivity contribution in [3.05, 3.63) is 41.7 Å². The molecule has 4 N–H and O–H groups in total. The fourth-order valence-electron chi connectivity index (χ4n) is 3.29. The average Bonchev–Trinajstić information content (AvgIpc) is 3.12. The Hall–Kier alpha value is -2.08. The summed E-state index contributed by atoms with van der Waals surface area (Å²) in [7, 11) is 0. The number of allylic oxidation sites excluding steroid dienone is 1. The molecule has 0 saturated carbocycles. The van der Waals surface area contributed by atoms with Crippen LogP contribution in [0, 0.1) is 0 Å². The van der Waals surface area contributed by atoms with Crippen LogP contribution in [0.2, 0.25) is 0 Å². The van der Waals surface area contributed by atoms with Gasteiger partial charge in [-0.2, -0.15) is 0 Å². The number of para-hydroxylation sites is 1. The molecule has 2 heterocycles. The summed E-state index contributed by atoms with van der Waals surface area (Å²) in [4.78, 5) is 3.47. The number of aryl methyl sites for hydroxylation is 1. The van der Waals surface area contributed by atoms with Crippen molar-refractivity contribution < 1.29 is 14.6 Å². The summed E-state index contributed by atoms with van der Waals surface area (Å²) in [6.07, 6.45) is 4.10. The van der Waals surface area contributed by atoms with E-state index in [4.69, 9.17) is 4.42 Å². The van der Waals surface area contributed by atoms with E-state index in [9.17, 15) is 10.2 Å². The summed E-state index contributed by atoms with van der Waals surface area (Å²) in [5, 5.41) is 22.6. The van der Waals surface area contributed by atoms with Crippen LogP contribution in [-0.2, 0) is 6.42 Å². The molecule has 0 amide bonds. The normalized spacial score (nSPS) is 14.7. The highest BCUT2D eigenvalue weighted by atomic mass is 16.3. The Morgan fingerprint density at radius 1 is 1.22 bits per heavy atom. The maximum Gasteiger partial charge on any atom is 0.160 e. The predicted octanol–water partition coefficient (Wildman–Crippen LogP) is 2.19. The fourth-order valence-corrected chi connectivity index (χ4v) is 3.29. The Kier molecular flexibility index (Phi) is 3.69. The van der Waals surface area contributed by atoms with Crippen molar-refractivity contribution in [1.29, 1.82) is 0 Å². The second-order valence-electron chi connectivity index (χ2n) is 6.00. The summed E-state index contributed by atoms with van der Waals surface area (Å²) in [6, 6.07) is 7.86. The van der Waals surface area contributed by atoms with E-state index in [1.54, 1.807) is 0 Å². The van der Waals surface area contributed by atoms with E-state index in [0.717, 1.165) is 46.2 Å². The van der Waals surface area contributed by atoms with E-state index in [1.165, 1.54) is 5.56 Å². The Bertz CT molecular complexity index is 871. The number of benzene rings is 1. The van der Waals surface area contributed by atoms with Gasteiger partial charge in [-0.25, -0.2) is 0 Å². The topological polar surface area (TPSA) is 81.4 Å². The lowest BCUT2D eigenvalue weighted by Crippen LogP contribution is -2.36. The predicted molar refractivity (Wildman–Crippen MR) is 90.3 cm³/mol. The van der Waals surface area contributed by atoms with Gasteiger partial charge in [0.1, 0.15) is 5.76 Å². The molecule has 0 radical (unpaired) electrons. The maximum atomic E-state index is 9.18. The summed E-state index contributed by atoms with van der Waals surface area (Å²) in [6.45, 7) is 0.410. The monoisotopic (exact) mass is 312 g/mol. The van der Waals surface area contributed by atoms with Crippen molar-refractivity contribution in [2.24, 2.45) is 0 Å². The lowest BCUT2D eigenvalue weighted by Gasteiger charge is -2.17. The van der Waals surface area contributed by atoms with E-state index < -0.39 is 0 Å². The van der Waals surface area contributed by atoms with Crippen molar-refractivity contribution in [1.82, 2.24) is 10.3 Å². The van der Waals surface area contributed by atoms with E-state index in [0.29, 0.717) is 6.54 Å². The molecule has 1 aliphatic rings. The zero-order valence-corrected chi connectivity index (χ0v) is 12.8. The van der Waals surface area contributed by atoms with Gasteiger partial charge in [0.2, 0.25) is 0 Å². The third-order valence-electron chi connectivity index (χ3n) is 4.54. The van der Waals surface area contributed by atoms with E-state index in [-0.39, 0.29) is 19.3 Å². The lowest BCUT2D eigenvalue weighted by atomic mass is 9.97. The van der Waals surface area contributed by atoms with Crippen LogP contribution in [-0.4, -0.2) is 41.0 Å². The highest BCUT2D eigenvalue weighted by molar-refractivity contribution is 6.06. The molecule has 23 heavy (non-hydrogen) atoms. The minimum atomic E-state index is -0.304. The summed E-state index contributed by atoms with van der Waals surface area (Å²) >= 11 is 0. The average molecular weight is 312 g/mol. The van der Waals surface area contributed by atoms with Gasteiger partial charge in [-0.05, 0) is 25.0 Å². The van der Waals surface area contributed by atoms with E-state index in [2.05, 4.69) is 28.5 Å². The smallest absolute Gasteiger partial charge is 0.160 e. The van der Waals surface area contributed by atoms with Gasteiger partial charge in [-0.3, -0.25) is 0 Å². The van der Waals surface area contributed by atoms with E-state index >= 15 is 0 Å². The van der Waals surface area contributed by atoms with Crippen molar-refractivity contribution in [3.63, 3.8) is 0 Å². The quantitative estimate of drug-likeness (QED) is 0.582. The number of rotatable bonds is 5. The number of aliphatic hydroxyl groups is 2. The minimum Gasteiger partial charge on any atom is -0.454 e. The van der Waals surface area contributed by atoms with Gasteiger partial charge in [0.15, 0.2) is 5.58 Å². The lowest BCUT2D eigenvalue weighted by molar-refractivity contribution is 0.174. The molecular formula is C18H20N2O3. The third kappa shape index (κ3) is 2.37. The Balaban J connectivity index is 1.72. The number of nitrogens with one attached hydrogen (secondary N) is 2. The van der Waals surface area contributed by atoms with Gasteiger partial charge >= 0.3 is 0 Å². The molecule has 0 atom stereocenters. The zero-order chi connectivity index (χ0) is 15.8. The number of H-pyrrole nitrogens is 1. The van der Waals surface area contributed by atoms with Crippen LogP contribution in [0.1, 0.15) is 17.7 Å². The fraction of sp³-hybridized carbons (Fsp3) is 0.333. The van der Waals surface area contributed by atoms with Crippen LogP contribution in [0.4, 0.5) is 0 Å². The molecule has 0 fully saturated rings. The van der Waals surface area contributed by atoms with Crippen LogP contribution in [0.5, 0.6) is 0 Å². The molecule has 1 aromatic carbocycles. The molecule has 5 heteroatoms. The molecule has 4 rings (SSSR count).